The van der Waals surface area contributed by atoms with Crippen molar-refractivity contribution >= 4 is 22.2 Å². The second-order valence-corrected chi connectivity index (χ2v) is 5.59. The lowest BCUT2D eigenvalue weighted by Crippen LogP contribution is -2.08. The molecule has 1 N–H and O–H groups in total. The number of ether oxygens (including phenoxy) is 2. The summed E-state index contributed by atoms with van der Waals surface area (Å²) in [5, 5.41) is 14.0. The largest absolute Gasteiger partial charge is 0.493 e. The zero-order valence-corrected chi connectivity index (χ0v) is 12.5. The lowest BCUT2D eigenvalue weighted by atomic mass is 10.2. The maximum atomic E-state index is 11.1. The molecule has 0 heterocycles. The molecular weight excluding hydrogens is 284 g/mol. The fourth-order valence-corrected chi connectivity index (χ4v) is 2.21. The van der Waals surface area contributed by atoms with Crippen LogP contribution in [0.4, 0.5) is 11.4 Å². The van der Waals surface area contributed by atoms with E-state index in [1.54, 1.807) is 6.26 Å². The Morgan fingerprint density at radius 3 is 2.40 bits per heavy atom. The van der Waals surface area contributed by atoms with E-state index in [1.165, 1.54) is 26.4 Å². The second kappa shape index (κ2) is 7.68. The third kappa shape index (κ3) is 4.37. The van der Waals surface area contributed by atoms with Gasteiger partial charge in [-0.1, -0.05) is 0 Å². The van der Waals surface area contributed by atoms with Crippen LogP contribution in [0.5, 0.6) is 11.5 Å². The fourth-order valence-electron chi connectivity index (χ4n) is 1.66. The minimum absolute atomic E-state index is 0.0831. The van der Waals surface area contributed by atoms with Gasteiger partial charge in [-0.2, -0.15) is 0 Å². The second-order valence-electron chi connectivity index (χ2n) is 4.04. The minimum atomic E-state index is -0.867. The Labute approximate surface area is 119 Å². The fraction of sp³-hybridized carbons (Fsp3) is 0.500. The van der Waals surface area contributed by atoms with Crippen LogP contribution >= 0.6 is 0 Å². The van der Waals surface area contributed by atoms with Crippen molar-refractivity contribution in [2.45, 2.75) is 6.42 Å². The molecule has 1 aromatic carbocycles. The smallest absolute Gasteiger partial charge is 0.296 e. The molecule has 0 bridgehead atoms. The van der Waals surface area contributed by atoms with Gasteiger partial charge in [0, 0.05) is 35.4 Å². The van der Waals surface area contributed by atoms with Crippen LogP contribution in [0.25, 0.3) is 0 Å². The number of benzene rings is 1. The molecule has 1 rings (SSSR count). The number of nitro benzene ring substituents is 1. The van der Waals surface area contributed by atoms with Gasteiger partial charge in [0.2, 0.25) is 0 Å². The zero-order valence-electron chi connectivity index (χ0n) is 11.7. The number of rotatable bonds is 8. The molecule has 20 heavy (non-hydrogen) atoms. The normalized spacial score (nSPS) is 11.8. The molecule has 0 aliphatic carbocycles. The van der Waals surface area contributed by atoms with E-state index in [-0.39, 0.29) is 5.69 Å². The predicted octanol–water partition coefficient (Wildman–Crippen LogP) is 1.79. The first-order chi connectivity index (χ1) is 9.49. The van der Waals surface area contributed by atoms with E-state index in [1.807, 2.05) is 0 Å². The summed E-state index contributed by atoms with van der Waals surface area (Å²) in [7, 11) is 2.02. The first-order valence-corrected chi connectivity index (χ1v) is 7.66. The highest BCUT2D eigenvalue weighted by Gasteiger charge is 2.19. The maximum absolute atomic E-state index is 11.1. The topological polar surface area (TPSA) is 90.7 Å². The average molecular weight is 302 g/mol. The van der Waals surface area contributed by atoms with E-state index in [0.717, 1.165) is 0 Å². The minimum Gasteiger partial charge on any atom is -0.493 e. The molecule has 112 valence electrons. The molecule has 0 aliphatic rings. The van der Waals surface area contributed by atoms with Gasteiger partial charge in [0.05, 0.1) is 25.2 Å². The molecule has 1 unspecified atom stereocenters. The van der Waals surface area contributed by atoms with E-state index in [2.05, 4.69) is 5.32 Å². The summed E-state index contributed by atoms with van der Waals surface area (Å²) in [6.45, 7) is 0.496. The molecule has 1 atom stereocenters. The third-order valence-corrected chi connectivity index (χ3v) is 3.49. The highest BCUT2D eigenvalue weighted by Crippen LogP contribution is 2.37. The standard InChI is InChI=1S/C12H18N2O5S/c1-18-11-7-9(13-5-4-6-20(3)17)10(14(15)16)8-12(11)19-2/h7-8,13H,4-6H2,1-3H3. The Morgan fingerprint density at radius 2 is 1.90 bits per heavy atom. The molecule has 0 spiro atoms. The molecule has 0 aliphatic heterocycles. The van der Waals surface area contributed by atoms with Gasteiger partial charge in [0.25, 0.3) is 5.69 Å². The van der Waals surface area contributed by atoms with Gasteiger partial charge in [-0.05, 0) is 6.42 Å². The van der Waals surface area contributed by atoms with Crippen molar-refractivity contribution in [2.24, 2.45) is 0 Å². The Hall–Kier alpha value is -1.83. The van der Waals surface area contributed by atoms with E-state index < -0.39 is 15.7 Å². The first kappa shape index (κ1) is 16.2. The van der Waals surface area contributed by atoms with Gasteiger partial charge >= 0.3 is 0 Å². The number of anilines is 1. The van der Waals surface area contributed by atoms with Crippen LogP contribution in [0.2, 0.25) is 0 Å². The summed E-state index contributed by atoms with van der Waals surface area (Å²) in [5.74, 6) is 1.27. The van der Waals surface area contributed by atoms with Crippen molar-refractivity contribution < 1.29 is 18.6 Å². The van der Waals surface area contributed by atoms with Gasteiger partial charge in [-0.25, -0.2) is 0 Å². The summed E-state index contributed by atoms with van der Waals surface area (Å²) in [6, 6.07) is 2.85. The van der Waals surface area contributed by atoms with Gasteiger partial charge in [0.1, 0.15) is 5.69 Å². The summed E-state index contributed by atoms with van der Waals surface area (Å²) in [5.41, 5.74) is 0.273. The molecular formula is C12H18N2O5S. The summed E-state index contributed by atoms with van der Waals surface area (Å²) >= 11 is 0. The maximum Gasteiger partial charge on any atom is 0.296 e. The number of nitro groups is 1. The lowest BCUT2D eigenvalue weighted by molar-refractivity contribution is -0.384. The molecule has 0 amide bonds. The van der Waals surface area contributed by atoms with Crippen molar-refractivity contribution in [1.29, 1.82) is 0 Å². The van der Waals surface area contributed by atoms with Crippen molar-refractivity contribution in [3.8, 4) is 11.5 Å². The van der Waals surface area contributed by atoms with Gasteiger partial charge in [0.15, 0.2) is 11.5 Å². The average Bonchev–Trinajstić information content (AvgIpc) is 2.42. The van der Waals surface area contributed by atoms with Crippen molar-refractivity contribution in [1.82, 2.24) is 0 Å². The predicted molar refractivity (Wildman–Crippen MR) is 78.2 cm³/mol. The van der Waals surface area contributed by atoms with Crippen molar-refractivity contribution in [2.75, 3.05) is 38.1 Å². The highest BCUT2D eigenvalue weighted by molar-refractivity contribution is 7.84. The Bertz CT molecular complexity index is 507. The molecule has 0 aromatic heterocycles. The van der Waals surface area contributed by atoms with Gasteiger partial charge in [-0.3, -0.25) is 14.3 Å². The molecule has 7 nitrogen and oxygen atoms in total. The molecule has 0 saturated heterocycles. The number of hydrogen-bond donors (Lipinski definition) is 1. The summed E-state index contributed by atoms with van der Waals surface area (Å²) in [6.07, 6.45) is 2.29. The van der Waals surface area contributed by atoms with Crippen LogP contribution in [-0.2, 0) is 10.8 Å². The van der Waals surface area contributed by atoms with E-state index in [9.17, 15) is 14.3 Å². The van der Waals surface area contributed by atoms with Crippen LogP contribution in [0, 0.1) is 10.1 Å². The Morgan fingerprint density at radius 1 is 1.30 bits per heavy atom. The SMILES string of the molecule is COc1cc(NCCCS(C)=O)c([N+](=O)[O-])cc1OC. The van der Waals surface area contributed by atoms with Gasteiger partial charge < -0.3 is 14.8 Å². The highest BCUT2D eigenvalue weighted by atomic mass is 32.2. The quantitative estimate of drug-likeness (QED) is 0.447. The van der Waals surface area contributed by atoms with Crippen LogP contribution in [0.1, 0.15) is 6.42 Å². The molecule has 0 fully saturated rings. The van der Waals surface area contributed by atoms with E-state index in [0.29, 0.717) is 35.9 Å². The number of methoxy groups -OCH3 is 2. The van der Waals surface area contributed by atoms with Crippen LogP contribution in [-0.4, -0.2) is 41.9 Å². The van der Waals surface area contributed by atoms with Crippen LogP contribution in [0.15, 0.2) is 12.1 Å². The molecule has 0 saturated carbocycles. The first-order valence-electron chi connectivity index (χ1n) is 5.94. The van der Waals surface area contributed by atoms with Crippen LogP contribution in [0.3, 0.4) is 0 Å². The van der Waals surface area contributed by atoms with Crippen LogP contribution < -0.4 is 14.8 Å². The molecule has 1 aromatic rings. The lowest BCUT2D eigenvalue weighted by Gasteiger charge is -2.11. The Kier molecular flexibility index (Phi) is 6.23. The molecule has 0 radical (unpaired) electrons. The summed E-state index contributed by atoms with van der Waals surface area (Å²) in [4.78, 5) is 10.6. The Balaban J connectivity index is 2.92. The third-order valence-electron chi connectivity index (χ3n) is 2.62. The van der Waals surface area contributed by atoms with E-state index >= 15 is 0 Å². The summed E-state index contributed by atoms with van der Waals surface area (Å²) < 4.78 is 21.1. The van der Waals surface area contributed by atoms with Crippen molar-refractivity contribution in [3.05, 3.63) is 22.2 Å². The van der Waals surface area contributed by atoms with Crippen molar-refractivity contribution in [3.63, 3.8) is 0 Å². The number of nitrogens with one attached hydrogen (secondary N) is 1. The molecule has 8 heteroatoms. The zero-order chi connectivity index (χ0) is 15.1. The monoisotopic (exact) mass is 302 g/mol. The number of nitrogens with zero attached hydrogens (tertiary/aromatic N) is 1. The van der Waals surface area contributed by atoms with Gasteiger partial charge in [-0.15, -0.1) is 0 Å². The number of hydrogen-bond acceptors (Lipinski definition) is 6. The van der Waals surface area contributed by atoms with E-state index in [4.69, 9.17) is 9.47 Å².